The molecule has 25 heavy (non-hydrogen) atoms. The quantitative estimate of drug-likeness (QED) is 0.619. The van der Waals surface area contributed by atoms with Crippen molar-refractivity contribution in [3.8, 4) is 5.75 Å². The Balaban J connectivity index is 1.92. The van der Waals surface area contributed by atoms with Crippen LogP contribution in [0.3, 0.4) is 0 Å². The molecular weight excluding hydrogens is 326 g/mol. The number of hydrogen-bond acceptors (Lipinski definition) is 5. The van der Waals surface area contributed by atoms with E-state index in [1.54, 1.807) is 18.3 Å². The topological polar surface area (TPSA) is 135 Å². The molecule has 4 amide bonds. The third-order valence-electron chi connectivity index (χ3n) is 3.09. The van der Waals surface area contributed by atoms with E-state index >= 15 is 0 Å². The minimum atomic E-state index is -0.638. The Morgan fingerprint density at radius 1 is 1.20 bits per heavy atom. The summed E-state index contributed by atoms with van der Waals surface area (Å²) in [5, 5.41) is 7.48. The van der Waals surface area contributed by atoms with Gasteiger partial charge in [-0.05, 0) is 30.3 Å². The molecule has 5 N–H and O–H groups in total. The first-order valence-electron chi connectivity index (χ1n) is 7.22. The molecule has 0 aliphatic rings. The van der Waals surface area contributed by atoms with Crippen LogP contribution in [-0.4, -0.2) is 36.5 Å². The van der Waals surface area contributed by atoms with Crippen molar-refractivity contribution in [2.75, 3.05) is 24.3 Å². The number of pyridine rings is 1. The number of hydrogen-bond donors (Lipinski definition) is 4. The van der Waals surface area contributed by atoms with Crippen LogP contribution >= 0.6 is 0 Å². The second-order valence-electron chi connectivity index (χ2n) is 4.88. The van der Waals surface area contributed by atoms with Gasteiger partial charge in [-0.25, -0.2) is 4.79 Å². The van der Waals surface area contributed by atoms with Crippen LogP contribution in [0.2, 0.25) is 0 Å². The zero-order chi connectivity index (χ0) is 18.2. The van der Waals surface area contributed by atoms with Crippen molar-refractivity contribution in [2.45, 2.75) is 0 Å². The van der Waals surface area contributed by atoms with E-state index in [4.69, 9.17) is 10.5 Å². The molecule has 2 rings (SSSR count). The van der Waals surface area contributed by atoms with Gasteiger partial charge in [0.15, 0.2) is 0 Å². The average molecular weight is 343 g/mol. The lowest BCUT2D eigenvalue weighted by atomic mass is 10.2. The maximum absolute atomic E-state index is 11.9. The lowest BCUT2D eigenvalue weighted by Gasteiger charge is -2.12. The zero-order valence-electron chi connectivity index (χ0n) is 13.4. The highest BCUT2D eigenvalue weighted by atomic mass is 16.5. The van der Waals surface area contributed by atoms with Gasteiger partial charge in [-0.1, -0.05) is 0 Å². The standard InChI is InChI=1S/C16H17N5O4/c1-25-13-5-4-10(15(17)23)7-12(13)21-16(24)19-9-14(22)20-11-3-2-6-18-8-11/h2-8H,9H2,1H3,(H2,17,23)(H,20,22)(H2,19,21,24). The maximum Gasteiger partial charge on any atom is 0.319 e. The Kier molecular flexibility index (Phi) is 5.88. The van der Waals surface area contributed by atoms with Crippen LogP contribution < -0.4 is 26.4 Å². The fourth-order valence-electron chi connectivity index (χ4n) is 1.93. The molecule has 0 bridgehead atoms. The Hall–Kier alpha value is -3.62. The molecule has 0 fully saturated rings. The average Bonchev–Trinajstić information content (AvgIpc) is 2.60. The van der Waals surface area contributed by atoms with Crippen LogP contribution in [0.5, 0.6) is 5.75 Å². The van der Waals surface area contributed by atoms with E-state index in [0.717, 1.165) is 0 Å². The smallest absolute Gasteiger partial charge is 0.319 e. The highest BCUT2D eigenvalue weighted by Crippen LogP contribution is 2.25. The Bertz CT molecular complexity index is 779. The van der Waals surface area contributed by atoms with Gasteiger partial charge >= 0.3 is 6.03 Å². The largest absolute Gasteiger partial charge is 0.495 e. The summed E-state index contributed by atoms with van der Waals surface area (Å²) in [7, 11) is 1.42. The first-order valence-corrected chi connectivity index (χ1v) is 7.22. The van der Waals surface area contributed by atoms with E-state index in [1.807, 2.05) is 0 Å². The van der Waals surface area contributed by atoms with Crippen molar-refractivity contribution in [1.29, 1.82) is 0 Å². The Morgan fingerprint density at radius 3 is 2.64 bits per heavy atom. The van der Waals surface area contributed by atoms with E-state index in [1.165, 1.54) is 31.5 Å². The van der Waals surface area contributed by atoms with E-state index in [2.05, 4.69) is 20.9 Å². The van der Waals surface area contributed by atoms with Crippen molar-refractivity contribution in [3.05, 3.63) is 48.3 Å². The van der Waals surface area contributed by atoms with Crippen LogP contribution in [-0.2, 0) is 4.79 Å². The van der Waals surface area contributed by atoms with Gasteiger partial charge in [-0.15, -0.1) is 0 Å². The highest BCUT2D eigenvalue weighted by Gasteiger charge is 2.11. The van der Waals surface area contributed by atoms with Crippen LogP contribution in [0.4, 0.5) is 16.2 Å². The molecule has 0 atom stereocenters. The summed E-state index contributed by atoms with van der Waals surface area (Å²) in [6.45, 7) is -0.251. The number of amides is 4. The molecule has 0 spiro atoms. The van der Waals surface area contributed by atoms with Crippen molar-refractivity contribution in [2.24, 2.45) is 5.73 Å². The van der Waals surface area contributed by atoms with Crippen LogP contribution in [0.25, 0.3) is 0 Å². The van der Waals surface area contributed by atoms with Crippen molar-refractivity contribution < 1.29 is 19.1 Å². The number of urea groups is 1. The molecule has 0 radical (unpaired) electrons. The van der Waals surface area contributed by atoms with Gasteiger partial charge in [0.2, 0.25) is 11.8 Å². The molecule has 0 aliphatic heterocycles. The number of nitrogens with two attached hydrogens (primary N) is 1. The lowest BCUT2D eigenvalue weighted by Crippen LogP contribution is -2.35. The third-order valence-corrected chi connectivity index (χ3v) is 3.09. The van der Waals surface area contributed by atoms with E-state index in [9.17, 15) is 14.4 Å². The van der Waals surface area contributed by atoms with Gasteiger partial charge in [0, 0.05) is 11.8 Å². The number of ether oxygens (including phenoxy) is 1. The molecule has 9 nitrogen and oxygen atoms in total. The minimum absolute atomic E-state index is 0.213. The monoisotopic (exact) mass is 343 g/mol. The predicted molar refractivity (Wildman–Crippen MR) is 91.4 cm³/mol. The summed E-state index contributed by atoms with van der Waals surface area (Å²) in [5.41, 5.74) is 6.20. The third kappa shape index (κ3) is 5.20. The second kappa shape index (κ2) is 8.29. The molecule has 1 aromatic carbocycles. The van der Waals surface area contributed by atoms with E-state index < -0.39 is 17.8 Å². The van der Waals surface area contributed by atoms with Gasteiger partial charge in [-0.2, -0.15) is 0 Å². The van der Waals surface area contributed by atoms with Gasteiger partial charge in [0.25, 0.3) is 0 Å². The van der Waals surface area contributed by atoms with Crippen molar-refractivity contribution in [3.63, 3.8) is 0 Å². The summed E-state index contributed by atoms with van der Waals surface area (Å²) >= 11 is 0. The molecule has 0 saturated carbocycles. The Labute approximate surface area is 143 Å². The molecule has 0 unspecified atom stereocenters. The lowest BCUT2D eigenvalue weighted by molar-refractivity contribution is -0.115. The van der Waals surface area contributed by atoms with Crippen molar-refractivity contribution in [1.82, 2.24) is 10.3 Å². The van der Waals surface area contributed by atoms with Crippen LogP contribution in [0.1, 0.15) is 10.4 Å². The highest BCUT2D eigenvalue weighted by molar-refractivity contribution is 5.99. The van der Waals surface area contributed by atoms with Crippen LogP contribution in [0.15, 0.2) is 42.7 Å². The molecule has 0 aliphatic carbocycles. The Morgan fingerprint density at radius 2 is 2.00 bits per heavy atom. The number of methoxy groups -OCH3 is 1. The fraction of sp³-hybridized carbons (Fsp3) is 0.125. The number of anilines is 2. The minimum Gasteiger partial charge on any atom is -0.495 e. The molecule has 9 heteroatoms. The fourth-order valence-corrected chi connectivity index (χ4v) is 1.93. The van der Waals surface area contributed by atoms with Gasteiger partial charge in [-0.3, -0.25) is 14.6 Å². The van der Waals surface area contributed by atoms with Gasteiger partial charge in [0.05, 0.1) is 31.2 Å². The molecule has 1 heterocycles. The summed E-state index contributed by atoms with van der Waals surface area (Å²) in [6.07, 6.45) is 3.06. The number of carbonyl (C=O) groups excluding carboxylic acids is 3. The number of primary amides is 1. The normalized spacial score (nSPS) is 9.80. The molecule has 2 aromatic rings. The van der Waals surface area contributed by atoms with Gasteiger partial charge in [0.1, 0.15) is 5.75 Å². The van der Waals surface area contributed by atoms with Crippen molar-refractivity contribution >= 4 is 29.2 Å². The second-order valence-corrected chi connectivity index (χ2v) is 4.88. The molecule has 130 valence electrons. The summed E-state index contributed by atoms with van der Waals surface area (Å²) < 4.78 is 5.10. The predicted octanol–water partition coefficient (Wildman–Crippen LogP) is 0.949. The zero-order valence-corrected chi connectivity index (χ0v) is 13.4. The molecular formula is C16H17N5O4. The SMILES string of the molecule is COc1ccc(C(N)=O)cc1NC(=O)NCC(=O)Nc1cccnc1. The van der Waals surface area contributed by atoms with E-state index in [0.29, 0.717) is 11.4 Å². The number of aromatic nitrogens is 1. The number of carbonyl (C=O) groups is 3. The summed E-state index contributed by atoms with van der Waals surface area (Å²) in [4.78, 5) is 38.8. The van der Waals surface area contributed by atoms with Gasteiger partial charge < -0.3 is 26.4 Å². The number of rotatable bonds is 6. The number of benzene rings is 1. The summed E-state index contributed by atoms with van der Waals surface area (Å²) in [6, 6.07) is 7.08. The summed E-state index contributed by atoms with van der Waals surface area (Å²) in [5.74, 6) is -0.706. The van der Waals surface area contributed by atoms with E-state index in [-0.39, 0.29) is 17.8 Å². The number of nitrogens with zero attached hydrogens (tertiary/aromatic N) is 1. The first-order chi connectivity index (χ1) is 12.0. The maximum atomic E-state index is 11.9. The number of nitrogens with one attached hydrogen (secondary N) is 3. The van der Waals surface area contributed by atoms with Crippen LogP contribution in [0, 0.1) is 0 Å². The molecule has 1 aromatic heterocycles. The molecule has 0 saturated heterocycles. The first kappa shape index (κ1) is 17.7.